The van der Waals surface area contributed by atoms with Crippen molar-refractivity contribution in [2.75, 3.05) is 12.0 Å². The van der Waals surface area contributed by atoms with E-state index < -0.39 is 53.8 Å². The molecule has 0 spiro atoms. The number of primary amides is 1. The maximum atomic E-state index is 13.2. The standard InChI is InChI=1S/C22H37N7O6S/c1-12(2)8-17(22(34)35)29-20(32)15(6-7-36-3)27-21(33)16(9-13-10-25-11-26-13)28-19(31)14(23)4-5-18(24)30/h10-12,14-17H,4-9,23H2,1-3H3,(H2,24,30)(H,25,26)(H,27,33)(H,28,31)(H,29,32)(H,34,35). The maximum absolute atomic E-state index is 13.2. The van der Waals surface area contributed by atoms with E-state index in [2.05, 4.69) is 25.9 Å². The zero-order chi connectivity index (χ0) is 27.3. The first kappa shape index (κ1) is 30.9. The molecule has 1 aromatic heterocycles. The zero-order valence-electron chi connectivity index (χ0n) is 20.8. The number of hydrogen-bond donors (Lipinski definition) is 7. The lowest BCUT2D eigenvalue weighted by molar-refractivity contribution is -0.142. The van der Waals surface area contributed by atoms with Gasteiger partial charge in [0.15, 0.2) is 0 Å². The summed E-state index contributed by atoms with van der Waals surface area (Å²) < 4.78 is 0. The minimum Gasteiger partial charge on any atom is -0.480 e. The third kappa shape index (κ3) is 11.5. The molecule has 0 radical (unpaired) electrons. The number of imidazole rings is 1. The van der Waals surface area contributed by atoms with Crippen LogP contribution in [-0.2, 0) is 30.4 Å². The molecule has 0 fully saturated rings. The summed E-state index contributed by atoms with van der Waals surface area (Å²) in [6.07, 6.45) is 5.16. The largest absolute Gasteiger partial charge is 0.480 e. The Morgan fingerprint density at radius 2 is 1.64 bits per heavy atom. The van der Waals surface area contributed by atoms with Crippen molar-refractivity contribution in [3.05, 3.63) is 18.2 Å². The number of aromatic nitrogens is 2. The number of H-pyrrole nitrogens is 1. The lowest BCUT2D eigenvalue weighted by Gasteiger charge is -2.25. The third-order valence-corrected chi connectivity index (χ3v) is 5.86. The van der Waals surface area contributed by atoms with Crippen LogP contribution in [0.2, 0.25) is 0 Å². The highest BCUT2D eigenvalue weighted by atomic mass is 32.2. The van der Waals surface area contributed by atoms with Gasteiger partial charge in [0.05, 0.1) is 12.4 Å². The van der Waals surface area contributed by atoms with E-state index in [-0.39, 0.29) is 38.0 Å². The molecule has 1 heterocycles. The van der Waals surface area contributed by atoms with Gasteiger partial charge in [-0.25, -0.2) is 9.78 Å². The number of carbonyl (C=O) groups excluding carboxylic acids is 4. The highest BCUT2D eigenvalue weighted by Gasteiger charge is 2.30. The fraction of sp³-hybridized carbons (Fsp3) is 0.636. The normalized spacial score (nSPS) is 14.4. The Morgan fingerprint density at radius 1 is 1.03 bits per heavy atom. The van der Waals surface area contributed by atoms with E-state index in [9.17, 15) is 29.1 Å². The van der Waals surface area contributed by atoms with Crippen molar-refractivity contribution in [3.63, 3.8) is 0 Å². The molecule has 202 valence electrons. The van der Waals surface area contributed by atoms with Gasteiger partial charge in [0.1, 0.15) is 18.1 Å². The number of nitrogens with zero attached hydrogens (tertiary/aromatic N) is 1. The van der Waals surface area contributed by atoms with E-state index in [0.717, 1.165) is 0 Å². The van der Waals surface area contributed by atoms with Gasteiger partial charge in [0.2, 0.25) is 23.6 Å². The van der Waals surface area contributed by atoms with Crippen molar-refractivity contribution in [2.45, 2.75) is 70.1 Å². The van der Waals surface area contributed by atoms with Crippen LogP contribution in [0.15, 0.2) is 12.5 Å². The lowest BCUT2D eigenvalue weighted by atomic mass is 10.0. The van der Waals surface area contributed by atoms with Gasteiger partial charge in [-0.05, 0) is 37.2 Å². The van der Waals surface area contributed by atoms with Gasteiger partial charge in [-0.1, -0.05) is 13.8 Å². The molecule has 0 aromatic carbocycles. The van der Waals surface area contributed by atoms with Crippen LogP contribution in [0.5, 0.6) is 0 Å². The SMILES string of the molecule is CSCCC(NC(=O)C(Cc1cnc[nH]1)NC(=O)C(N)CCC(N)=O)C(=O)NC(CC(C)C)C(=O)O. The van der Waals surface area contributed by atoms with Crippen molar-refractivity contribution < 1.29 is 29.1 Å². The summed E-state index contributed by atoms with van der Waals surface area (Å²) >= 11 is 1.46. The number of aliphatic carboxylic acids is 1. The molecule has 0 saturated heterocycles. The van der Waals surface area contributed by atoms with Crippen LogP contribution in [0.3, 0.4) is 0 Å². The van der Waals surface area contributed by atoms with Crippen molar-refractivity contribution >= 4 is 41.4 Å². The Bertz CT molecular complexity index is 880. The van der Waals surface area contributed by atoms with Crippen molar-refractivity contribution in [1.82, 2.24) is 25.9 Å². The molecule has 1 aromatic rings. The van der Waals surface area contributed by atoms with Crippen LogP contribution < -0.4 is 27.4 Å². The van der Waals surface area contributed by atoms with Gasteiger partial charge in [-0.15, -0.1) is 0 Å². The number of nitrogens with one attached hydrogen (secondary N) is 4. The molecule has 4 amide bonds. The molecule has 0 aliphatic carbocycles. The minimum atomic E-state index is -1.17. The van der Waals surface area contributed by atoms with Gasteiger partial charge >= 0.3 is 5.97 Å². The van der Waals surface area contributed by atoms with Crippen molar-refractivity contribution in [1.29, 1.82) is 0 Å². The topological polar surface area (TPSA) is 222 Å². The van der Waals surface area contributed by atoms with Crippen LogP contribution >= 0.6 is 11.8 Å². The molecule has 14 heteroatoms. The number of hydrogen-bond acceptors (Lipinski definition) is 8. The monoisotopic (exact) mass is 527 g/mol. The molecule has 9 N–H and O–H groups in total. The molecule has 0 aliphatic heterocycles. The predicted octanol–water partition coefficient (Wildman–Crippen LogP) is -1.12. The van der Waals surface area contributed by atoms with Crippen LogP contribution in [0.1, 0.15) is 45.2 Å². The molecule has 13 nitrogen and oxygen atoms in total. The molecule has 1 rings (SSSR count). The second-order valence-electron chi connectivity index (χ2n) is 8.83. The van der Waals surface area contributed by atoms with E-state index in [4.69, 9.17) is 11.5 Å². The number of thioether (sulfide) groups is 1. The smallest absolute Gasteiger partial charge is 0.326 e. The van der Waals surface area contributed by atoms with Crippen LogP contribution in [0, 0.1) is 5.92 Å². The van der Waals surface area contributed by atoms with E-state index >= 15 is 0 Å². The van der Waals surface area contributed by atoms with Crippen LogP contribution in [0.25, 0.3) is 0 Å². The highest BCUT2D eigenvalue weighted by molar-refractivity contribution is 7.98. The van der Waals surface area contributed by atoms with Crippen LogP contribution in [0.4, 0.5) is 0 Å². The molecule has 0 aliphatic rings. The van der Waals surface area contributed by atoms with Crippen molar-refractivity contribution in [2.24, 2.45) is 17.4 Å². The molecular formula is C22H37N7O6S. The van der Waals surface area contributed by atoms with Crippen LogP contribution in [-0.4, -0.2) is 80.8 Å². The van der Waals surface area contributed by atoms with E-state index in [1.165, 1.54) is 24.3 Å². The zero-order valence-corrected chi connectivity index (χ0v) is 21.6. The van der Waals surface area contributed by atoms with E-state index in [1.54, 1.807) is 0 Å². The second kappa shape index (κ2) is 15.8. The van der Waals surface area contributed by atoms with Gasteiger partial charge in [-0.2, -0.15) is 11.8 Å². The number of carboxylic acid groups (broad SMARTS) is 1. The molecule has 36 heavy (non-hydrogen) atoms. The summed E-state index contributed by atoms with van der Waals surface area (Å²) in [5, 5.41) is 17.2. The molecule has 4 atom stereocenters. The van der Waals surface area contributed by atoms with Crippen molar-refractivity contribution in [3.8, 4) is 0 Å². The summed E-state index contributed by atoms with van der Waals surface area (Å²) in [6, 6.07) is -4.32. The number of aromatic amines is 1. The van der Waals surface area contributed by atoms with Gasteiger partial charge < -0.3 is 37.5 Å². The Hall–Kier alpha value is -3.13. The molecule has 0 bridgehead atoms. The maximum Gasteiger partial charge on any atom is 0.326 e. The summed E-state index contributed by atoms with van der Waals surface area (Å²) in [7, 11) is 0. The minimum absolute atomic E-state index is 0.00471. The Labute approximate surface area is 214 Å². The highest BCUT2D eigenvalue weighted by Crippen LogP contribution is 2.08. The fourth-order valence-electron chi connectivity index (χ4n) is 3.28. The summed E-state index contributed by atoms with van der Waals surface area (Å²) in [6.45, 7) is 3.68. The number of amides is 4. The number of carbonyl (C=O) groups is 5. The van der Waals surface area contributed by atoms with E-state index in [1.807, 2.05) is 20.1 Å². The number of carboxylic acids is 1. The average Bonchev–Trinajstić information content (AvgIpc) is 3.31. The lowest BCUT2D eigenvalue weighted by Crippen LogP contribution is -2.57. The first-order chi connectivity index (χ1) is 16.9. The first-order valence-corrected chi connectivity index (χ1v) is 13.0. The summed E-state index contributed by atoms with van der Waals surface area (Å²) in [5.41, 5.74) is 11.5. The predicted molar refractivity (Wildman–Crippen MR) is 135 cm³/mol. The Kier molecular flexibility index (Phi) is 13.5. The quantitative estimate of drug-likeness (QED) is 0.130. The molecule has 4 unspecified atom stereocenters. The first-order valence-electron chi connectivity index (χ1n) is 11.6. The van der Waals surface area contributed by atoms with Gasteiger partial charge in [0, 0.05) is 24.7 Å². The Morgan fingerprint density at radius 3 is 2.17 bits per heavy atom. The summed E-state index contributed by atoms with van der Waals surface area (Å²) in [4.78, 5) is 68.0. The van der Waals surface area contributed by atoms with Gasteiger partial charge in [-0.3, -0.25) is 19.2 Å². The fourth-order valence-corrected chi connectivity index (χ4v) is 3.75. The number of rotatable bonds is 17. The number of nitrogens with two attached hydrogens (primary N) is 2. The molecular weight excluding hydrogens is 490 g/mol. The summed E-state index contributed by atoms with van der Waals surface area (Å²) in [5.74, 6) is -3.17. The average molecular weight is 528 g/mol. The second-order valence-corrected chi connectivity index (χ2v) is 9.81. The van der Waals surface area contributed by atoms with E-state index in [0.29, 0.717) is 11.4 Å². The molecule has 0 saturated carbocycles. The third-order valence-electron chi connectivity index (χ3n) is 5.22. The van der Waals surface area contributed by atoms with Gasteiger partial charge in [0.25, 0.3) is 0 Å². The Balaban J connectivity index is 3.01.